The zero-order chi connectivity index (χ0) is 23.2. The number of allylic oxidation sites excluding steroid dienone is 1. The van der Waals surface area contributed by atoms with Crippen molar-refractivity contribution in [2.75, 3.05) is 51.3 Å². The highest BCUT2D eigenvalue weighted by atomic mass is 16.5. The van der Waals surface area contributed by atoms with E-state index in [9.17, 15) is 5.26 Å². The van der Waals surface area contributed by atoms with Crippen molar-refractivity contribution in [3.8, 4) is 11.8 Å². The highest BCUT2D eigenvalue weighted by molar-refractivity contribution is 5.63. The summed E-state index contributed by atoms with van der Waals surface area (Å²) in [6.07, 6.45) is 11.9. The van der Waals surface area contributed by atoms with Crippen LogP contribution in [0, 0.1) is 11.3 Å². The van der Waals surface area contributed by atoms with Gasteiger partial charge in [-0.25, -0.2) is 4.99 Å². The number of benzene rings is 1. The van der Waals surface area contributed by atoms with Gasteiger partial charge in [0.25, 0.3) is 0 Å². The Morgan fingerprint density at radius 3 is 2.81 bits per heavy atom. The quantitative estimate of drug-likeness (QED) is 0.322. The van der Waals surface area contributed by atoms with Gasteiger partial charge in [0.1, 0.15) is 0 Å². The van der Waals surface area contributed by atoms with E-state index in [0.29, 0.717) is 23.7 Å². The summed E-state index contributed by atoms with van der Waals surface area (Å²) in [6.45, 7) is 8.40. The summed E-state index contributed by atoms with van der Waals surface area (Å²) in [5.74, 6) is 1.06. The standard InChI is InChI=1S/C25H35N5O2/c1-4-6-7-8-22(19-27)20-29(3)23-10-9-21(18-26)17-24(23)32-25(28-5-2)11-12-30-13-15-31-16-14-30/h5,7-11,17,20H,4,6,12-16,19,27H2,1-3H3/b8-7+,22-20+,25-11+,28-5+. The second-order valence-electron chi connectivity index (χ2n) is 7.45. The number of nitriles is 1. The molecule has 0 amide bonds. The molecule has 7 nitrogen and oxygen atoms in total. The van der Waals surface area contributed by atoms with Crippen LogP contribution in [0.1, 0.15) is 32.3 Å². The second kappa shape index (κ2) is 14.2. The topological polar surface area (TPSA) is 87.1 Å². The van der Waals surface area contributed by atoms with E-state index in [1.807, 2.05) is 37.2 Å². The third-order valence-corrected chi connectivity index (χ3v) is 4.95. The number of unbranched alkanes of at least 4 members (excludes halogenated alkanes) is 1. The van der Waals surface area contributed by atoms with Gasteiger partial charge >= 0.3 is 0 Å². The molecule has 1 aliphatic rings. The molecule has 0 aliphatic carbocycles. The van der Waals surface area contributed by atoms with Crippen LogP contribution in [0.5, 0.6) is 5.75 Å². The van der Waals surface area contributed by atoms with Gasteiger partial charge in [-0.05, 0) is 37.1 Å². The molecular formula is C25H35N5O2. The zero-order valence-electron chi connectivity index (χ0n) is 19.5. The molecule has 172 valence electrons. The Kier molecular flexibility index (Phi) is 11.2. The SMILES string of the molecule is C/C=N/C(=C\CN1CCOCC1)Oc1cc(C#N)ccc1N(C)/C=C(\C=C\CCC)CN. The largest absolute Gasteiger partial charge is 0.437 e. The Bertz CT molecular complexity index is 877. The maximum Gasteiger partial charge on any atom is 0.216 e. The summed E-state index contributed by atoms with van der Waals surface area (Å²) in [4.78, 5) is 8.64. The zero-order valence-corrected chi connectivity index (χ0v) is 19.5. The van der Waals surface area contributed by atoms with Crippen LogP contribution in [-0.2, 0) is 4.74 Å². The smallest absolute Gasteiger partial charge is 0.216 e. The lowest BCUT2D eigenvalue weighted by molar-refractivity contribution is 0.0431. The van der Waals surface area contributed by atoms with Crippen molar-refractivity contribution in [2.45, 2.75) is 26.7 Å². The molecule has 1 aromatic rings. The molecule has 0 bridgehead atoms. The van der Waals surface area contributed by atoms with E-state index in [-0.39, 0.29) is 0 Å². The lowest BCUT2D eigenvalue weighted by Crippen LogP contribution is -2.36. The third-order valence-electron chi connectivity index (χ3n) is 4.95. The average Bonchev–Trinajstić information content (AvgIpc) is 2.82. The molecule has 0 saturated carbocycles. The Labute approximate surface area is 192 Å². The molecule has 32 heavy (non-hydrogen) atoms. The Hall–Kier alpha value is -2.92. The minimum absolute atomic E-state index is 0.432. The van der Waals surface area contributed by atoms with Gasteiger partial charge in [0.05, 0.1) is 30.5 Å². The van der Waals surface area contributed by atoms with Crippen molar-refractivity contribution in [1.29, 1.82) is 5.26 Å². The van der Waals surface area contributed by atoms with Crippen LogP contribution in [0.2, 0.25) is 0 Å². The summed E-state index contributed by atoms with van der Waals surface area (Å²) >= 11 is 0. The fraction of sp³-hybridized carbons (Fsp3) is 0.440. The van der Waals surface area contributed by atoms with Crippen LogP contribution in [0.15, 0.2) is 59.1 Å². The van der Waals surface area contributed by atoms with Gasteiger partial charge in [0.15, 0.2) is 5.75 Å². The van der Waals surface area contributed by atoms with E-state index in [0.717, 1.165) is 57.0 Å². The Balaban J connectivity index is 2.29. The van der Waals surface area contributed by atoms with E-state index in [1.54, 1.807) is 18.3 Å². The van der Waals surface area contributed by atoms with Gasteiger partial charge in [0, 0.05) is 51.7 Å². The number of aliphatic imine (C=N–C) groups is 1. The first kappa shape index (κ1) is 25.3. The minimum atomic E-state index is 0.432. The summed E-state index contributed by atoms with van der Waals surface area (Å²) in [7, 11) is 1.94. The first-order valence-electron chi connectivity index (χ1n) is 11.1. The molecular weight excluding hydrogens is 402 g/mol. The molecule has 7 heteroatoms. The molecule has 0 radical (unpaired) electrons. The van der Waals surface area contributed by atoms with E-state index < -0.39 is 0 Å². The summed E-state index contributed by atoms with van der Waals surface area (Å²) in [6, 6.07) is 7.58. The highest BCUT2D eigenvalue weighted by Crippen LogP contribution is 2.31. The van der Waals surface area contributed by atoms with Gasteiger partial charge in [0.2, 0.25) is 5.88 Å². The van der Waals surface area contributed by atoms with Crippen molar-refractivity contribution in [1.82, 2.24) is 4.90 Å². The van der Waals surface area contributed by atoms with Crippen LogP contribution in [0.3, 0.4) is 0 Å². The number of nitrogens with zero attached hydrogens (tertiary/aromatic N) is 4. The molecule has 2 N–H and O–H groups in total. The third kappa shape index (κ3) is 8.31. The van der Waals surface area contributed by atoms with E-state index in [2.05, 4.69) is 35.0 Å². The summed E-state index contributed by atoms with van der Waals surface area (Å²) < 4.78 is 11.6. The predicted octanol–water partition coefficient (Wildman–Crippen LogP) is 3.84. The number of rotatable bonds is 11. The number of nitrogens with two attached hydrogens (primary N) is 1. The molecule has 0 spiro atoms. The van der Waals surface area contributed by atoms with Gasteiger partial charge in [-0.15, -0.1) is 0 Å². The molecule has 1 heterocycles. The first-order valence-corrected chi connectivity index (χ1v) is 11.1. The van der Waals surface area contributed by atoms with E-state index in [4.69, 9.17) is 15.2 Å². The minimum Gasteiger partial charge on any atom is -0.437 e. The first-order chi connectivity index (χ1) is 15.6. The van der Waals surface area contributed by atoms with Gasteiger partial charge < -0.3 is 20.1 Å². The van der Waals surface area contributed by atoms with Crippen LogP contribution in [0.25, 0.3) is 0 Å². The monoisotopic (exact) mass is 437 g/mol. The molecule has 0 unspecified atom stereocenters. The fourth-order valence-corrected chi connectivity index (χ4v) is 3.19. The molecule has 0 aromatic heterocycles. The molecule has 1 fully saturated rings. The normalized spacial score (nSPS) is 16.0. The van der Waals surface area contributed by atoms with E-state index in [1.165, 1.54) is 0 Å². The van der Waals surface area contributed by atoms with Crippen LogP contribution >= 0.6 is 0 Å². The summed E-state index contributed by atoms with van der Waals surface area (Å²) in [5, 5.41) is 9.39. The van der Waals surface area contributed by atoms with Crippen molar-refractivity contribution >= 4 is 11.9 Å². The lowest BCUT2D eigenvalue weighted by atomic mass is 10.2. The molecule has 1 aromatic carbocycles. The Morgan fingerprint density at radius 1 is 1.38 bits per heavy atom. The van der Waals surface area contributed by atoms with Gasteiger partial charge in [-0.3, -0.25) is 4.90 Å². The number of anilines is 1. The highest BCUT2D eigenvalue weighted by Gasteiger charge is 2.13. The summed E-state index contributed by atoms with van der Waals surface area (Å²) in [5.41, 5.74) is 8.28. The predicted molar refractivity (Wildman–Crippen MR) is 131 cm³/mol. The lowest BCUT2D eigenvalue weighted by Gasteiger charge is -2.25. The van der Waals surface area contributed by atoms with Crippen LogP contribution in [0.4, 0.5) is 5.69 Å². The number of hydrogen-bond donors (Lipinski definition) is 1. The number of morpholine rings is 1. The fourth-order valence-electron chi connectivity index (χ4n) is 3.19. The molecule has 1 aliphatic heterocycles. The molecule has 0 atom stereocenters. The molecule has 2 rings (SSSR count). The van der Waals surface area contributed by atoms with Crippen LogP contribution < -0.4 is 15.4 Å². The number of hydrogen-bond acceptors (Lipinski definition) is 7. The van der Waals surface area contributed by atoms with Crippen molar-refractivity contribution in [3.05, 3.63) is 59.6 Å². The maximum absolute atomic E-state index is 9.39. The number of ether oxygens (including phenoxy) is 2. The Morgan fingerprint density at radius 2 is 2.16 bits per heavy atom. The van der Waals surface area contributed by atoms with Crippen LogP contribution in [-0.4, -0.2) is 57.6 Å². The van der Waals surface area contributed by atoms with Crippen molar-refractivity contribution in [3.63, 3.8) is 0 Å². The van der Waals surface area contributed by atoms with Gasteiger partial charge in [-0.2, -0.15) is 5.26 Å². The second-order valence-corrected chi connectivity index (χ2v) is 7.45. The van der Waals surface area contributed by atoms with Crippen molar-refractivity contribution in [2.24, 2.45) is 10.7 Å². The van der Waals surface area contributed by atoms with E-state index >= 15 is 0 Å². The maximum atomic E-state index is 9.39. The van der Waals surface area contributed by atoms with Crippen molar-refractivity contribution < 1.29 is 9.47 Å². The van der Waals surface area contributed by atoms with Gasteiger partial charge in [-0.1, -0.05) is 25.5 Å². The molecule has 1 saturated heterocycles. The average molecular weight is 438 g/mol.